The van der Waals surface area contributed by atoms with Crippen LogP contribution in [0.2, 0.25) is 10.1 Å². The maximum Gasteiger partial charge on any atom is 0.349 e. The SMILES string of the molecule is CO[C@H]1O[C@@H]2CO[Si](C(C)(C)C)(C(C)(C)C)O[C@H]2[C@@H]1O[C@H]1O[C@H](COC(C)=O)[C@H](OC(C)=O)[C@H](OC(C)=O)[C@H]1N=[N+]=[N-]. The van der Waals surface area contributed by atoms with Crippen LogP contribution in [0, 0.1) is 0 Å². The second-order valence-corrected chi connectivity index (χ2v) is 17.3. The van der Waals surface area contributed by atoms with Crippen molar-refractivity contribution in [2.45, 2.75) is 128 Å². The normalized spacial score (nSPS) is 34.5. The minimum absolute atomic E-state index is 0.246. The first-order valence-corrected chi connectivity index (χ1v) is 15.6. The maximum atomic E-state index is 12.1. The van der Waals surface area contributed by atoms with Crippen LogP contribution in [0.5, 0.6) is 0 Å². The predicted molar refractivity (Wildman–Crippen MR) is 146 cm³/mol. The monoisotopic (exact) mass is 617 g/mol. The van der Waals surface area contributed by atoms with Gasteiger partial charge in [-0.2, -0.15) is 0 Å². The number of azide groups is 1. The predicted octanol–water partition coefficient (Wildman–Crippen LogP) is 3.03. The zero-order valence-corrected chi connectivity index (χ0v) is 26.9. The van der Waals surface area contributed by atoms with Crippen molar-refractivity contribution in [3.63, 3.8) is 0 Å². The molecule has 0 N–H and O–H groups in total. The van der Waals surface area contributed by atoms with Gasteiger partial charge in [-0.25, -0.2) is 0 Å². The smallest absolute Gasteiger partial charge is 0.349 e. The number of carbonyl (C=O) groups is 3. The first-order chi connectivity index (χ1) is 19.5. The van der Waals surface area contributed by atoms with E-state index in [1.807, 2.05) is 0 Å². The summed E-state index contributed by atoms with van der Waals surface area (Å²) in [5.74, 6) is -2.08. The van der Waals surface area contributed by atoms with Gasteiger partial charge in [-0.05, 0) is 5.53 Å². The van der Waals surface area contributed by atoms with Crippen LogP contribution >= 0.6 is 0 Å². The summed E-state index contributed by atoms with van der Waals surface area (Å²) in [6.07, 6.45) is -8.18. The lowest BCUT2D eigenvalue weighted by atomic mass is 9.96. The summed E-state index contributed by atoms with van der Waals surface area (Å²) in [7, 11) is -1.53. The second kappa shape index (κ2) is 13.1. The number of carbonyl (C=O) groups excluding carboxylic acids is 3. The first kappa shape index (κ1) is 34.2. The third kappa shape index (κ3) is 7.08. The Morgan fingerprint density at radius 2 is 1.50 bits per heavy atom. The molecule has 0 spiro atoms. The number of methoxy groups -OCH3 is 1. The van der Waals surface area contributed by atoms with Crippen LogP contribution in [0.4, 0.5) is 0 Å². The van der Waals surface area contributed by atoms with E-state index in [1.165, 1.54) is 14.0 Å². The highest BCUT2D eigenvalue weighted by Crippen LogP contribution is 2.55. The Kier molecular flexibility index (Phi) is 10.7. The number of fused-ring (bicyclic) bond motifs is 1. The molecule has 3 rings (SSSR count). The van der Waals surface area contributed by atoms with Gasteiger partial charge < -0.3 is 42.0 Å². The average molecular weight is 618 g/mol. The topological polar surface area (TPSA) is 183 Å². The summed E-state index contributed by atoms with van der Waals surface area (Å²) in [6.45, 7) is 15.8. The van der Waals surface area contributed by atoms with Crippen molar-refractivity contribution in [1.29, 1.82) is 0 Å². The van der Waals surface area contributed by atoms with Crippen molar-refractivity contribution in [2.75, 3.05) is 20.3 Å². The molecule has 3 aliphatic rings. The zero-order valence-electron chi connectivity index (χ0n) is 25.9. The summed E-state index contributed by atoms with van der Waals surface area (Å²) >= 11 is 0. The van der Waals surface area contributed by atoms with E-state index >= 15 is 0 Å². The summed E-state index contributed by atoms with van der Waals surface area (Å²) < 4.78 is 53.7. The van der Waals surface area contributed by atoms with Gasteiger partial charge >= 0.3 is 26.5 Å². The molecular weight excluding hydrogens is 574 g/mol. The van der Waals surface area contributed by atoms with Gasteiger partial charge in [-0.3, -0.25) is 14.4 Å². The highest BCUT2D eigenvalue weighted by Gasteiger charge is 2.66. The molecule has 16 heteroatoms. The lowest BCUT2D eigenvalue weighted by Crippen LogP contribution is -2.66. The van der Waals surface area contributed by atoms with Gasteiger partial charge in [0.05, 0.1) is 6.61 Å². The average Bonchev–Trinajstić information content (AvgIpc) is 3.20. The van der Waals surface area contributed by atoms with E-state index in [0.717, 1.165) is 13.8 Å². The van der Waals surface area contributed by atoms with Gasteiger partial charge in [0.15, 0.2) is 24.8 Å². The van der Waals surface area contributed by atoms with Gasteiger partial charge in [-0.15, -0.1) is 0 Å². The second-order valence-electron chi connectivity index (χ2n) is 12.6. The molecule has 9 atom stereocenters. The molecule has 3 fully saturated rings. The van der Waals surface area contributed by atoms with Crippen LogP contribution in [0.25, 0.3) is 10.4 Å². The number of ether oxygens (including phenoxy) is 7. The van der Waals surface area contributed by atoms with E-state index in [2.05, 4.69) is 51.6 Å². The van der Waals surface area contributed by atoms with E-state index in [9.17, 15) is 19.9 Å². The largest absolute Gasteiger partial charge is 0.463 e. The van der Waals surface area contributed by atoms with Crippen molar-refractivity contribution in [3.8, 4) is 0 Å². The molecule has 0 unspecified atom stereocenters. The lowest BCUT2D eigenvalue weighted by Gasteiger charge is -2.54. The van der Waals surface area contributed by atoms with Crippen molar-refractivity contribution in [3.05, 3.63) is 10.4 Å². The highest BCUT2D eigenvalue weighted by atomic mass is 28.4. The summed E-state index contributed by atoms with van der Waals surface area (Å²) in [4.78, 5) is 38.7. The van der Waals surface area contributed by atoms with Crippen LogP contribution in [0.1, 0.15) is 62.3 Å². The van der Waals surface area contributed by atoms with Crippen LogP contribution in [-0.4, -0.2) is 102 Å². The van der Waals surface area contributed by atoms with Gasteiger partial charge in [0, 0.05) is 42.9 Å². The van der Waals surface area contributed by atoms with Gasteiger partial charge in [0.25, 0.3) is 0 Å². The molecule has 0 bridgehead atoms. The fourth-order valence-corrected chi connectivity index (χ4v) is 10.9. The van der Waals surface area contributed by atoms with E-state index < -0.39 is 81.7 Å². The number of hydrogen-bond donors (Lipinski definition) is 0. The van der Waals surface area contributed by atoms with Gasteiger partial charge in [0.2, 0.25) is 0 Å². The molecule has 238 valence electrons. The van der Waals surface area contributed by atoms with Crippen molar-refractivity contribution in [1.82, 2.24) is 0 Å². The van der Waals surface area contributed by atoms with Crippen LogP contribution in [0.3, 0.4) is 0 Å². The molecular formula is C26H43N3O12Si. The van der Waals surface area contributed by atoms with Gasteiger partial charge in [0.1, 0.15) is 37.1 Å². The molecule has 0 aromatic rings. The summed E-state index contributed by atoms with van der Waals surface area (Å²) in [5.41, 5.74) is 9.44. The molecule has 0 saturated carbocycles. The van der Waals surface area contributed by atoms with Crippen molar-refractivity contribution < 1.29 is 56.4 Å². The van der Waals surface area contributed by atoms with Crippen LogP contribution < -0.4 is 0 Å². The zero-order chi connectivity index (χ0) is 31.6. The fraction of sp³-hybridized carbons (Fsp3) is 0.885. The van der Waals surface area contributed by atoms with E-state index in [0.29, 0.717) is 0 Å². The Morgan fingerprint density at radius 3 is 2.00 bits per heavy atom. The Morgan fingerprint density at radius 1 is 0.905 bits per heavy atom. The molecule has 0 aliphatic carbocycles. The number of hydrogen-bond acceptors (Lipinski definition) is 13. The summed E-state index contributed by atoms with van der Waals surface area (Å²) in [5, 5.41) is 3.13. The molecule has 3 aliphatic heterocycles. The van der Waals surface area contributed by atoms with E-state index in [1.54, 1.807) is 0 Å². The minimum atomic E-state index is -2.98. The Labute approximate surface area is 246 Å². The molecule has 3 heterocycles. The van der Waals surface area contributed by atoms with E-state index in [4.69, 9.17) is 42.0 Å². The van der Waals surface area contributed by atoms with Crippen molar-refractivity contribution >= 4 is 26.5 Å². The minimum Gasteiger partial charge on any atom is -0.463 e. The van der Waals surface area contributed by atoms with Crippen molar-refractivity contribution in [2.24, 2.45) is 5.11 Å². The van der Waals surface area contributed by atoms with Crippen LogP contribution in [0.15, 0.2) is 5.11 Å². The number of rotatable bonds is 8. The molecule has 0 aromatic heterocycles. The van der Waals surface area contributed by atoms with E-state index in [-0.39, 0.29) is 23.3 Å². The van der Waals surface area contributed by atoms with Gasteiger partial charge in [-0.1, -0.05) is 46.7 Å². The number of esters is 3. The van der Waals surface area contributed by atoms with Crippen LogP contribution in [-0.2, 0) is 56.4 Å². The summed E-state index contributed by atoms with van der Waals surface area (Å²) in [6, 6.07) is -1.32. The third-order valence-electron chi connectivity index (χ3n) is 7.37. The molecule has 3 saturated heterocycles. The fourth-order valence-electron chi connectivity index (χ4n) is 5.97. The molecule has 0 aromatic carbocycles. The standard InChI is InChI=1S/C26H43N3O12Si/c1-13(30)34-11-16-19(36-14(2)31)21(37-15(3)32)18(28-29-27)23(38-16)40-22-20-17(39-24(22)33-10)12-35-42(41-20,25(4,5)6)26(7,8)9/h16-24H,11-12H2,1-10H3/t16-,17-,18-,19+,20-,21-,22+,23-,24+/m1/s1. The molecule has 42 heavy (non-hydrogen) atoms. The number of nitrogens with zero attached hydrogens (tertiary/aromatic N) is 3. The third-order valence-corrected chi connectivity index (χ3v) is 12.5. The Bertz CT molecular complexity index is 1040. The maximum absolute atomic E-state index is 12.1. The molecule has 15 nitrogen and oxygen atoms in total. The molecule has 0 radical (unpaired) electrons. The Balaban J connectivity index is 2.03. The molecule has 0 amide bonds. The first-order valence-electron chi connectivity index (χ1n) is 13.8. The Hall–Kier alpha value is -2.30. The highest BCUT2D eigenvalue weighted by molar-refractivity contribution is 6.73. The lowest BCUT2D eigenvalue weighted by molar-refractivity contribution is -0.300. The quantitative estimate of drug-likeness (QED) is 0.0970.